The van der Waals surface area contributed by atoms with Crippen molar-refractivity contribution in [3.63, 3.8) is 0 Å². The molecule has 1 fully saturated rings. The first-order valence-electron chi connectivity index (χ1n) is 12.4. The molecule has 0 aromatic carbocycles. The van der Waals surface area contributed by atoms with Crippen LogP contribution in [0.15, 0.2) is 30.6 Å². The Labute approximate surface area is 222 Å². The number of aromatic nitrogens is 4. The van der Waals surface area contributed by atoms with Crippen LogP contribution in [-0.4, -0.2) is 80.1 Å². The molecule has 38 heavy (non-hydrogen) atoms. The molecule has 1 aliphatic rings. The SMILES string of the molecule is C[C@H](Nc1nc(-c2c[nH]c3ncc(F)cc23)nc(-c2ccc(CN3CCN(C)CC3)s2)c1F)[C@H](C)C(=O)O. The summed E-state index contributed by atoms with van der Waals surface area (Å²) in [6.07, 6.45) is 2.71. The van der Waals surface area contributed by atoms with Gasteiger partial charge in [0.05, 0.1) is 17.0 Å². The van der Waals surface area contributed by atoms with Crippen LogP contribution in [-0.2, 0) is 11.3 Å². The minimum Gasteiger partial charge on any atom is -0.481 e. The van der Waals surface area contributed by atoms with Crippen molar-refractivity contribution < 1.29 is 18.7 Å². The molecule has 5 rings (SSSR count). The molecule has 1 saturated heterocycles. The Morgan fingerprint density at radius 1 is 1.21 bits per heavy atom. The van der Waals surface area contributed by atoms with Gasteiger partial charge in [-0.25, -0.2) is 23.7 Å². The van der Waals surface area contributed by atoms with Crippen molar-refractivity contribution in [2.45, 2.75) is 26.4 Å². The number of carbonyl (C=O) groups is 1. The number of aromatic amines is 1. The summed E-state index contributed by atoms with van der Waals surface area (Å²) >= 11 is 1.46. The molecule has 200 valence electrons. The number of hydrogen-bond donors (Lipinski definition) is 3. The number of rotatable bonds is 8. The lowest BCUT2D eigenvalue weighted by Crippen LogP contribution is -2.43. The van der Waals surface area contributed by atoms with Crippen LogP contribution in [0.2, 0.25) is 0 Å². The van der Waals surface area contributed by atoms with Gasteiger partial charge >= 0.3 is 5.97 Å². The van der Waals surface area contributed by atoms with E-state index < -0.39 is 29.6 Å². The number of hydrogen-bond acceptors (Lipinski definition) is 8. The van der Waals surface area contributed by atoms with Gasteiger partial charge < -0.3 is 20.3 Å². The molecule has 0 amide bonds. The fraction of sp³-hybridized carbons (Fsp3) is 0.385. The van der Waals surface area contributed by atoms with Crippen molar-refractivity contribution in [1.82, 2.24) is 29.7 Å². The van der Waals surface area contributed by atoms with Gasteiger partial charge in [-0.05, 0) is 39.1 Å². The highest BCUT2D eigenvalue weighted by Crippen LogP contribution is 2.35. The molecule has 5 heterocycles. The van der Waals surface area contributed by atoms with Crippen LogP contribution in [0.4, 0.5) is 14.6 Å². The van der Waals surface area contributed by atoms with Crippen LogP contribution in [0, 0.1) is 17.6 Å². The zero-order valence-electron chi connectivity index (χ0n) is 21.3. The highest BCUT2D eigenvalue weighted by Gasteiger charge is 2.25. The fourth-order valence-electron chi connectivity index (χ4n) is 4.36. The van der Waals surface area contributed by atoms with Crippen molar-refractivity contribution >= 4 is 34.2 Å². The highest BCUT2D eigenvalue weighted by atomic mass is 32.1. The average Bonchev–Trinajstić information content (AvgIpc) is 3.53. The topological polar surface area (TPSA) is 110 Å². The molecule has 0 saturated carbocycles. The van der Waals surface area contributed by atoms with E-state index >= 15 is 4.39 Å². The van der Waals surface area contributed by atoms with Crippen molar-refractivity contribution in [2.24, 2.45) is 5.92 Å². The molecule has 0 radical (unpaired) electrons. The molecule has 0 bridgehead atoms. The molecule has 0 unspecified atom stereocenters. The van der Waals surface area contributed by atoms with E-state index in [1.165, 1.54) is 17.4 Å². The Bertz CT molecular complexity index is 1470. The molecule has 12 heteroatoms. The Balaban J connectivity index is 1.54. The second kappa shape index (κ2) is 10.7. The number of carboxylic acids is 1. The monoisotopic (exact) mass is 541 g/mol. The molecular weight excluding hydrogens is 512 g/mol. The normalized spacial score (nSPS) is 16.6. The predicted octanol–water partition coefficient (Wildman–Crippen LogP) is 4.30. The van der Waals surface area contributed by atoms with Gasteiger partial charge in [0, 0.05) is 60.8 Å². The Morgan fingerprint density at radius 2 is 1.97 bits per heavy atom. The summed E-state index contributed by atoms with van der Waals surface area (Å²) in [6.45, 7) is 7.91. The number of anilines is 1. The zero-order valence-corrected chi connectivity index (χ0v) is 22.1. The van der Waals surface area contributed by atoms with Crippen molar-refractivity contribution in [3.05, 3.63) is 47.1 Å². The lowest BCUT2D eigenvalue weighted by molar-refractivity contribution is -0.141. The maximum atomic E-state index is 15.9. The van der Waals surface area contributed by atoms with Crippen LogP contribution in [0.25, 0.3) is 33.0 Å². The number of aliphatic carboxylic acids is 1. The molecule has 9 nitrogen and oxygen atoms in total. The molecular formula is C26H29F2N7O2S. The van der Waals surface area contributed by atoms with Gasteiger partial charge in [0.15, 0.2) is 17.5 Å². The number of carboxylic acid groups (broad SMARTS) is 1. The number of pyridine rings is 1. The summed E-state index contributed by atoms with van der Waals surface area (Å²) in [5.74, 6) is -2.93. The third kappa shape index (κ3) is 5.38. The number of likely N-dealkylation sites (N-methyl/N-ethyl adjacent to an activating group) is 1. The highest BCUT2D eigenvalue weighted by molar-refractivity contribution is 7.15. The largest absolute Gasteiger partial charge is 0.481 e. The van der Waals surface area contributed by atoms with E-state index in [2.05, 4.69) is 42.1 Å². The molecule has 3 N–H and O–H groups in total. The first-order chi connectivity index (χ1) is 18.2. The number of halogens is 2. The van der Waals surface area contributed by atoms with Crippen LogP contribution in [0.5, 0.6) is 0 Å². The van der Waals surface area contributed by atoms with E-state index in [0.717, 1.165) is 43.8 Å². The third-order valence-electron chi connectivity index (χ3n) is 6.96. The first kappa shape index (κ1) is 26.1. The maximum absolute atomic E-state index is 15.9. The number of nitrogens with one attached hydrogen (secondary N) is 2. The Hall–Kier alpha value is -3.48. The number of piperazine rings is 1. The summed E-state index contributed by atoms with van der Waals surface area (Å²) < 4.78 is 29.9. The number of thiophene rings is 1. The Morgan fingerprint density at radius 3 is 2.71 bits per heavy atom. The van der Waals surface area contributed by atoms with Gasteiger partial charge in [0.1, 0.15) is 17.2 Å². The van der Waals surface area contributed by atoms with Gasteiger partial charge in [0.2, 0.25) is 0 Å². The van der Waals surface area contributed by atoms with Crippen LogP contribution in [0.3, 0.4) is 0 Å². The first-order valence-corrected chi connectivity index (χ1v) is 13.2. The van der Waals surface area contributed by atoms with E-state index in [-0.39, 0.29) is 17.3 Å². The smallest absolute Gasteiger partial charge is 0.308 e. The summed E-state index contributed by atoms with van der Waals surface area (Å²) in [5, 5.41) is 12.8. The molecule has 4 aromatic rings. The van der Waals surface area contributed by atoms with E-state index in [9.17, 15) is 14.3 Å². The van der Waals surface area contributed by atoms with Crippen LogP contribution >= 0.6 is 11.3 Å². The predicted molar refractivity (Wildman–Crippen MR) is 143 cm³/mol. The minimum atomic E-state index is -1.01. The van der Waals surface area contributed by atoms with Gasteiger partial charge in [0.25, 0.3) is 0 Å². The van der Waals surface area contributed by atoms with Crippen molar-refractivity contribution in [3.8, 4) is 22.0 Å². The zero-order chi connectivity index (χ0) is 27.0. The van der Waals surface area contributed by atoms with Gasteiger partial charge in [-0.2, -0.15) is 0 Å². The molecule has 1 aliphatic heterocycles. The lowest BCUT2D eigenvalue weighted by Gasteiger charge is -2.31. The minimum absolute atomic E-state index is 0.0982. The van der Waals surface area contributed by atoms with E-state index in [1.807, 2.05) is 12.1 Å². The van der Waals surface area contributed by atoms with Crippen molar-refractivity contribution in [1.29, 1.82) is 0 Å². The van der Waals surface area contributed by atoms with Gasteiger partial charge in [-0.3, -0.25) is 9.69 Å². The summed E-state index contributed by atoms with van der Waals surface area (Å²) in [5.41, 5.74) is 1.01. The van der Waals surface area contributed by atoms with E-state index in [4.69, 9.17) is 0 Å². The van der Waals surface area contributed by atoms with Gasteiger partial charge in [-0.1, -0.05) is 0 Å². The van der Waals surface area contributed by atoms with E-state index in [1.54, 1.807) is 20.0 Å². The second-order valence-corrected chi connectivity index (χ2v) is 10.9. The fourth-order valence-corrected chi connectivity index (χ4v) is 5.39. The number of nitrogens with zero attached hydrogens (tertiary/aromatic N) is 5. The van der Waals surface area contributed by atoms with Crippen molar-refractivity contribution in [2.75, 3.05) is 38.5 Å². The van der Waals surface area contributed by atoms with E-state index in [0.29, 0.717) is 21.5 Å². The number of fused-ring (bicyclic) bond motifs is 1. The summed E-state index contributed by atoms with van der Waals surface area (Å²) in [4.78, 5) is 33.9. The standard InChI is InChI=1S/C26H29F2N7O2S/c1-14(26(36)37)15(2)31-25-21(28)22(20-5-4-17(38-20)13-35-8-6-34(3)7-9-35)32-24(33-25)19-12-30-23-18(19)10-16(27)11-29-23/h4-5,10-12,14-15H,6-9,13H2,1-3H3,(H,29,30)(H,36,37)(H,31,32,33)/t14-,15-/m0/s1. The average molecular weight is 542 g/mol. The third-order valence-corrected chi connectivity index (χ3v) is 8.04. The molecule has 4 aromatic heterocycles. The molecule has 0 aliphatic carbocycles. The number of H-pyrrole nitrogens is 1. The van der Waals surface area contributed by atoms with Crippen LogP contribution < -0.4 is 5.32 Å². The molecule has 0 spiro atoms. The quantitative estimate of drug-likeness (QED) is 0.303. The van der Waals surface area contributed by atoms with Gasteiger partial charge in [-0.15, -0.1) is 11.3 Å². The Kier molecular flexibility index (Phi) is 7.37. The van der Waals surface area contributed by atoms with Crippen LogP contribution in [0.1, 0.15) is 18.7 Å². The molecule has 2 atom stereocenters. The second-order valence-electron chi connectivity index (χ2n) is 9.72. The summed E-state index contributed by atoms with van der Waals surface area (Å²) in [6, 6.07) is 4.53. The summed E-state index contributed by atoms with van der Waals surface area (Å²) in [7, 11) is 2.11. The maximum Gasteiger partial charge on any atom is 0.308 e. The lowest BCUT2D eigenvalue weighted by atomic mass is 10.0.